The van der Waals surface area contributed by atoms with E-state index in [2.05, 4.69) is 10.2 Å². The third-order valence-corrected chi connectivity index (χ3v) is 4.45. The molecule has 21 heavy (non-hydrogen) atoms. The fourth-order valence-corrected chi connectivity index (χ4v) is 3.36. The Kier molecular flexibility index (Phi) is 5.17. The summed E-state index contributed by atoms with van der Waals surface area (Å²) >= 11 is 0. The molecule has 1 N–H and O–H groups in total. The molecule has 2 aliphatic rings. The zero-order valence-electron chi connectivity index (χ0n) is 11.7. The van der Waals surface area contributed by atoms with Crippen LogP contribution in [-0.2, 0) is 12.7 Å². The number of benzene rings is 1. The smallest absolute Gasteiger partial charge is 0.316 e. The van der Waals surface area contributed by atoms with E-state index in [0.717, 1.165) is 50.1 Å². The molecule has 3 rings (SSSR count). The fourth-order valence-electron chi connectivity index (χ4n) is 3.36. The van der Waals surface area contributed by atoms with Crippen molar-refractivity contribution in [1.82, 2.24) is 10.2 Å². The molecular formula is C15H20ClF3N2. The standard InChI is InChI=1S/C15H19F3N2.ClH/c16-15(17,18)14-3-1-2-11(6-14)9-20-5-4-12-7-19-8-13(12)10-20;/h1-3,6,12-13,19H,4-5,7-10H2;1H. The maximum Gasteiger partial charge on any atom is 0.416 e. The summed E-state index contributed by atoms with van der Waals surface area (Å²) in [5, 5.41) is 3.40. The van der Waals surface area contributed by atoms with Gasteiger partial charge in [-0.1, -0.05) is 18.2 Å². The first kappa shape index (κ1) is 16.6. The lowest BCUT2D eigenvalue weighted by Crippen LogP contribution is -2.39. The van der Waals surface area contributed by atoms with E-state index in [1.807, 2.05) is 0 Å². The molecule has 0 spiro atoms. The number of halogens is 4. The second-order valence-corrected chi connectivity index (χ2v) is 5.90. The first-order valence-corrected chi connectivity index (χ1v) is 7.11. The number of likely N-dealkylation sites (tertiary alicyclic amines) is 1. The summed E-state index contributed by atoms with van der Waals surface area (Å²) in [5.41, 5.74) is 0.205. The van der Waals surface area contributed by atoms with Crippen molar-refractivity contribution < 1.29 is 13.2 Å². The third-order valence-electron chi connectivity index (χ3n) is 4.45. The Balaban J connectivity index is 0.00000161. The molecule has 6 heteroatoms. The topological polar surface area (TPSA) is 15.3 Å². The molecule has 2 unspecified atom stereocenters. The van der Waals surface area contributed by atoms with Crippen LogP contribution < -0.4 is 5.32 Å². The van der Waals surface area contributed by atoms with Crippen LogP contribution in [-0.4, -0.2) is 31.1 Å². The third kappa shape index (κ3) is 3.90. The van der Waals surface area contributed by atoms with Gasteiger partial charge < -0.3 is 5.32 Å². The van der Waals surface area contributed by atoms with Gasteiger partial charge in [0.2, 0.25) is 0 Å². The monoisotopic (exact) mass is 320 g/mol. The summed E-state index contributed by atoms with van der Waals surface area (Å²) in [4.78, 5) is 2.28. The van der Waals surface area contributed by atoms with Crippen LogP contribution >= 0.6 is 12.4 Å². The molecule has 0 bridgehead atoms. The SMILES string of the molecule is Cl.FC(F)(F)c1cccc(CN2CCC3CNCC3C2)c1. The van der Waals surface area contributed by atoms with E-state index in [9.17, 15) is 13.2 Å². The highest BCUT2D eigenvalue weighted by Gasteiger charge is 2.33. The van der Waals surface area contributed by atoms with Crippen molar-refractivity contribution in [2.75, 3.05) is 26.2 Å². The summed E-state index contributed by atoms with van der Waals surface area (Å²) in [6, 6.07) is 5.70. The number of hydrogen-bond donors (Lipinski definition) is 1. The highest BCUT2D eigenvalue weighted by Crippen LogP contribution is 2.31. The quantitative estimate of drug-likeness (QED) is 0.900. The van der Waals surface area contributed by atoms with Crippen molar-refractivity contribution in [3.05, 3.63) is 35.4 Å². The molecule has 2 atom stereocenters. The van der Waals surface area contributed by atoms with Gasteiger partial charge in [0.25, 0.3) is 0 Å². The fraction of sp³-hybridized carbons (Fsp3) is 0.600. The molecule has 0 amide bonds. The first-order chi connectivity index (χ1) is 9.52. The number of nitrogens with zero attached hydrogens (tertiary/aromatic N) is 1. The number of hydrogen-bond acceptors (Lipinski definition) is 2. The van der Waals surface area contributed by atoms with Gasteiger partial charge in [0.1, 0.15) is 0 Å². The molecule has 1 aromatic carbocycles. The van der Waals surface area contributed by atoms with Crippen LogP contribution in [0.3, 0.4) is 0 Å². The zero-order valence-corrected chi connectivity index (χ0v) is 12.5. The highest BCUT2D eigenvalue weighted by molar-refractivity contribution is 5.85. The van der Waals surface area contributed by atoms with E-state index in [1.54, 1.807) is 6.07 Å². The lowest BCUT2D eigenvalue weighted by Gasteiger charge is -2.34. The summed E-state index contributed by atoms with van der Waals surface area (Å²) in [6.45, 7) is 4.74. The van der Waals surface area contributed by atoms with E-state index >= 15 is 0 Å². The predicted octanol–water partition coefficient (Wildman–Crippen LogP) is 3.17. The lowest BCUT2D eigenvalue weighted by atomic mass is 9.88. The average Bonchev–Trinajstić information content (AvgIpc) is 2.85. The molecule has 0 radical (unpaired) electrons. The van der Waals surface area contributed by atoms with Crippen molar-refractivity contribution >= 4 is 12.4 Å². The van der Waals surface area contributed by atoms with Crippen molar-refractivity contribution in [2.24, 2.45) is 11.8 Å². The minimum absolute atomic E-state index is 0. The van der Waals surface area contributed by atoms with Crippen LogP contribution in [0.5, 0.6) is 0 Å². The second-order valence-electron chi connectivity index (χ2n) is 5.90. The Labute approximate surface area is 129 Å². The molecule has 0 saturated carbocycles. The van der Waals surface area contributed by atoms with Crippen LogP contribution in [0.1, 0.15) is 17.5 Å². The van der Waals surface area contributed by atoms with E-state index in [-0.39, 0.29) is 12.4 Å². The highest BCUT2D eigenvalue weighted by atomic mass is 35.5. The first-order valence-electron chi connectivity index (χ1n) is 7.11. The second kappa shape index (κ2) is 6.55. The van der Waals surface area contributed by atoms with Gasteiger partial charge in [-0.15, -0.1) is 12.4 Å². The van der Waals surface area contributed by atoms with Crippen LogP contribution in [0.25, 0.3) is 0 Å². The van der Waals surface area contributed by atoms with Gasteiger partial charge in [0, 0.05) is 13.1 Å². The number of rotatable bonds is 2. The minimum Gasteiger partial charge on any atom is -0.316 e. The maximum absolute atomic E-state index is 12.7. The Morgan fingerprint density at radius 3 is 2.71 bits per heavy atom. The molecule has 2 heterocycles. The molecular weight excluding hydrogens is 301 g/mol. The van der Waals surface area contributed by atoms with Crippen LogP contribution in [0, 0.1) is 11.8 Å². The van der Waals surface area contributed by atoms with Gasteiger partial charge >= 0.3 is 6.18 Å². The summed E-state index contributed by atoms with van der Waals surface area (Å²) in [5.74, 6) is 1.42. The van der Waals surface area contributed by atoms with E-state index in [0.29, 0.717) is 12.5 Å². The van der Waals surface area contributed by atoms with Gasteiger partial charge in [-0.05, 0) is 49.5 Å². The normalized spacial score (nSPS) is 26.2. The molecule has 2 fully saturated rings. The van der Waals surface area contributed by atoms with Gasteiger partial charge in [-0.2, -0.15) is 13.2 Å². The summed E-state index contributed by atoms with van der Waals surface area (Å²) in [7, 11) is 0. The number of alkyl halides is 3. The number of fused-ring (bicyclic) bond motifs is 1. The molecule has 2 nitrogen and oxygen atoms in total. The molecule has 118 valence electrons. The van der Waals surface area contributed by atoms with Gasteiger partial charge in [-0.25, -0.2) is 0 Å². The Bertz CT molecular complexity index is 478. The van der Waals surface area contributed by atoms with Crippen molar-refractivity contribution in [3.8, 4) is 0 Å². The van der Waals surface area contributed by atoms with Crippen LogP contribution in [0.2, 0.25) is 0 Å². The van der Waals surface area contributed by atoms with Crippen molar-refractivity contribution in [2.45, 2.75) is 19.1 Å². The minimum atomic E-state index is -4.25. The van der Waals surface area contributed by atoms with Gasteiger partial charge in [0.05, 0.1) is 5.56 Å². The van der Waals surface area contributed by atoms with E-state index < -0.39 is 11.7 Å². The zero-order chi connectivity index (χ0) is 14.2. The maximum atomic E-state index is 12.7. The summed E-state index contributed by atoms with van der Waals surface area (Å²) < 4.78 is 38.1. The number of nitrogens with one attached hydrogen (secondary N) is 1. The lowest BCUT2D eigenvalue weighted by molar-refractivity contribution is -0.137. The molecule has 0 aliphatic carbocycles. The largest absolute Gasteiger partial charge is 0.416 e. The van der Waals surface area contributed by atoms with Crippen LogP contribution in [0.15, 0.2) is 24.3 Å². The van der Waals surface area contributed by atoms with Crippen molar-refractivity contribution in [3.63, 3.8) is 0 Å². The average molecular weight is 321 g/mol. The molecule has 2 saturated heterocycles. The molecule has 0 aromatic heterocycles. The van der Waals surface area contributed by atoms with E-state index in [4.69, 9.17) is 0 Å². The van der Waals surface area contributed by atoms with Crippen molar-refractivity contribution in [1.29, 1.82) is 0 Å². The van der Waals surface area contributed by atoms with Gasteiger partial charge in [0.15, 0.2) is 0 Å². The predicted molar refractivity (Wildman–Crippen MR) is 78.4 cm³/mol. The van der Waals surface area contributed by atoms with Gasteiger partial charge in [-0.3, -0.25) is 4.90 Å². The summed E-state index contributed by atoms with van der Waals surface area (Å²) in [6.07, 6.45) is -3.10. The molecule has 2 aliphatic heterocycles. The Morgan fingerprint density at radius 2 is 1.95 bits per heavy atom. The number of piperidine rings is 1. The molecule has 1 aromatic rings. The Hall–Kier alpha value is -0.780. The van der Waals surface area contributed by atoms with Crippen LogP contribution in [0.4, 0.5) is 13.2 Å². The van der Waals surface area contributed by atoms with E-state index in [1.165, 1.54) is 12.1 Å². The Morgan fingerprint density at radius 1 is 1.19 bits per heavy atom.